The number of benzene rings is 1. The van der Waals surface area contributed by atoms with Gasteiger partial charge in [-0.3, -0.25) is 9.58 Å². The second kappa shape index (κ2) is 8.40. The molecule has 4 aromatic rings. The van der Waals surface area contributed by atoms with E-state index in [1.54, 1.807) is 0 Å². The van der Waals surface area contributed by atoms with Gasteiger partial charge in [-0.2, -0.15) is 5.10 Å². The number of nitrogens with zero attached hydrogens (tertiary/aromatic N) is 6. The van der Waals surface area contributed by atoms with Crippen LogP contribution in [0.4, 0.5) is 5.82 Å². The van der Waals surface area contributed by atoms with E-state index in [0.29, 0.717) is 0 Å². The molecule has 0 bridgehead atoms. The van der Waals surface area contributed by atoms with Gasteiger partial charge >= 0.3 is 0 Å². The van der Waals surface area contributed by atoms with E-state index in [-0.39, 0.29) is 0 Å². The van der Waals surface area contributed by atoms with E-state index in [1.165, 1.54) is 9.58 Å². The monoisotopic (exact) mass is 449 g/mol. The summed E-state index contributed by atoms with van der Waals surface area (Å²) < 4.78 is 8.69. The van der Waals surface area contributed by atoms with E-state index in [9.17, 15) is 0 Å². The molecule has 166 valence electrons. The quantitative estimate of drug-likeness (QED) is 0.513. The maximum absolute atomic E-state index is 5.61. The van der Waals surface area contributed by atoms with E-state index in [2.05, 4.69) is 44.5 Å². The van der Waals surface area contributed by atoms with Crippen LogP contribution in [0.3, 0.4) is 0 Å². The third kappa shape index (κ3) is 3.65. The van der Waals surface area contributed by atoms with Gasteiger partial charge in [0.1, 0.15) is 0 Å². The molecule has 0 unspecified atom stereocenters. The largest absolute Gasteiger partial charge is 0.378 e. The number of anilines is 1. The summed E-state index contributed by atoms with van der Waals surface area (Å²) in [5.41, 5.74) is 3.15. The van der Waals surface area contributed by atoms with Gasteiger partial charge in [-0.1, -0.05) is 12.1 Å². The number of hydrogen-bond acceptors (Lipinski definition) is 8. The SMILES string of the molecule is Cn1ncc2c(-c3nc(N4CCOCC4)c4sc(CN5CCNCC5)cc4n3)cccc21. The summed E-state index contributed by atoms with van der Waals surface area (Å²) in [6.07, 6.45) is 1.91. The van der Waals surface area contributed by atoms with Crippen LogP contribution in [0.25, 0.3) is 32.5 Å². The summed E-state index contributed by atoms with van der Waals surface area (Å²) in [5.74, 6) is 1.80. The number of aryl methyl sites for hydroxylation is 1. The Balaban J connectivity index is 1.47. The Bertz CT molecular complexity index is 1250. The van der Waals surface area contributed by atoms with Crippen molar-refractivity contribution in [1.82, 2.24) is 30.0 Å². The van der Waals surface area contributed by atoms with Crippen molar-refractivity contribution < 1.29 is 4.74 Å². The molecule has 0 atom stereocenters. The zero-order valence-electron chi connectivity index (χ0n) is 18.3. The Morgan fingerprint density at radius 1 is 1.09 bits per heavy atom. The van der Waals surface area contributed by atoms with Gasteiger partial charge in [-0.15, -0.1) is 11.3 Å². The van der Waals surface area contributed by atoms with E-state index in [1.807, 2.05) is 29.3 Å². The fraction of sp³-hybridized carbons (Fsp3) is 0.435. The second-order valence-corrected chi connectivity index (χ2v) is 9.57. The smallest absolute Gasteiger partial charge is 0.162 e. The lowest BCUT2D eigenvalue weighted by Crippen LogP contribution is -2.42. The van der Waals surface area contributed by atoms with Crippen molar-refractivity contribution in [3.63, 3.8) is 0 Å². The van der Waals surface area contributed by atoms with Crippen molar-refractivity contribution >= 4 is 38.3 Å². The summed E-state index contributed by atoms with van der Waals surface area (Å²) in [4.78, 5) is 16.4. The van der Waals surface area contributed by atoms with Crippen molar-refractivity contribution in [3.8, 4) is 11.4 Å². The first kappa shape index (κ1) is 20.0. The fourth-order valence-corrected chi connectivity index (χ4v) is 5.77. The fourth-order valence-electron chi connectivity index (χ4n) is 4.61. The first-order chi connectivity index (χ1) is 15.8. The van der Waals surface area contributed by atoms with Gasteiger partial charge in [0.25, 0.3) is 0 Å². The van der Waals surface area contributed by atoms with Gasteiger partial charge in [-0.05, 0) is 12.1 Å². The Morgan fingerprint density at radius 2 is 1.94 bits per heavy atom. The Labute approximate surface area is 190 Å². The lowest BCUT2D eigenvalue weighted by Gasteiger charge is -2.28. The van der Waals surface area contributed by atoms with Gasteiger partial charge in [0.2, 0.25) is 0 Å². The molecular weight excluding hydrogens is 422 g/mol. The average molecular weight is 450 g/mol. The number of thiophene rings is 1. The molecule has 2 saturated heterocycles. The summed E-state index contributed by atoms with van der Waals surface area (Å²) in [6, 6.07) is 8.51. The molecule has 1 N–H and O–H groups in total. The lowest BCUT2D eigenvalue weighted by molar-refractivity contribution is 0.122. The molecule has 1 aromatic carbocycles. The third-order valence-electron chi connectivity index (χ3n) is 6.34. The van der Waals surface area contributed by atoms with Gasteiger partial charge in [-0.25, -0.2) is 9.97 Å². The molecule has 9 heteroatoms. The first-order valence-electron chi connectivity index (χ1n) is 11.2. The minimum atomic E-state index is 0.734. The van der Waals surface area contributed by atoms with Crippen LogP contribution in [0.1, 0.15) is 4.88 Å². The maximum atomic E-state index is 5.61. The minimum Gasteiger partial charge on any atom is -0.378 e. The number of hydrogen-bond donors (Lipinski definition) is 1. The van der Waals surface area contributed by atoms with Crippen LogP contribution in [-0.4, -0.2) is 77.1 Å². The molecule has 0 aliphatic carbocycles. The number of morpholine rings is 1. The van der Waals surface area contributed by atoms with Crippen molar-refractivity contribution in [1.29, 1.82) is 0 Å². The van der Waals surface area contributed by atoms with Crippen LogP contribution in [0.5, 0.6) is 0 Å². The van der Waals surface area contributed by atoms with E-state index < -0.39 is 0 Å². The number of ether oxygens (including phenoxy) is 1. The highest BCUT2D eigenvalue weighted by atomic mass is 32.1. The predicted octanol–water partition coefficient (Wildman–Crippen LogP) is 2.49. The number of aromatic nitrogens is 4. The van der Waals surface area contributed by atoms with Crippen LogP contribution >= 0.6 is 11.3 Å². The molecular formula is C23H27N7OS. The molecule has 5 heterocycles. The topological polar surface area (TPSA) is 71.3 Å². The predicted molar refractivity (Wildman–Crippen MR) is 128 cm³/mol. The average Bonchev–Trinajstić information content (AvgIpc) is 3.42. The second-order valence-electron chi connectivity index (χ2n) is 8.43. The standard InChI is InChI=1S/C23H27N7OS/c1-28-20-4-2-3-17(18(20)14-25-28)22-26-19-13-16(15-29-7-5-24-6-8-29)32-21(19)23(27-22)30-9-11-31-12-10-30/h2-4,13-14,24H,5-12,15H2,1H3. The number of nitrogens with one attached hydrogen (secondary N) is 1. The van der Waals surface area contributed by atoms with Crippen molar-refractivity contribution in [2.75, 3.05) is 57.4 Å². The minimum absolute atomic E-state index is 0.734. The zero-order chi connectivity index (χ0) is 21.5. The number of piperazine rings is 1. The van der Waals surface area contributed by atoms with Crippen molar-refractivity contribution in [2.24, 2.45) is 7.05 Å². The normalized spacial score (nSPS) is 18.1. The van der Waals surface area contributed by atoms with Crippen LogP contribution in [-0.2, 0) is 18.3 Å². The summed E-state index contributed by atoms with van der Waals surface area (Å²) in [5, 5.41) is 8.97. The van der Waals surface area contributed by atoms with Crippen LogP contribution in [0, 0.1) is 0 Å². The zero-order valence-corrected chi connectivity index (χ0v) is 19.1. The summed E-state index contributed by atoms with van der Waals surface area (Å²) >= 11 is 1.84. The van der Waals surface area contributed by atoms with E-state index >= 15 is 0 Å². The molecule has 2 aliphatic heterocycles. The Kier molecular flexibility index (Phi) is 5.26. The molecule has 2 aliphatic rings. The van der Waals surface area contributed by atoms with Crippen LogP contribution < -0.4 is 10.2 Å². The van der Waals surface area contributed by atoms with E-state index in [0.717, 1.165) is 92.7 Å². The molecule has 0 spiro atoms. The van der Waals surface area contributed by atoms with E-state index in [4.69, 9.17) is 14.7 Å². The lowest BCUT2D eigenvalue weighted by atomic mass is 10.1. The molecule has 0 saturated carbocycles. The first-order valence-corrected chi connectivity index (χ1v) is 12.1. The summed E-state index contributed by atoms with van der Waals surface area (Å²) in [6.45, 7) is 8.44. The highest BCUT2D eigenvalue weighted by molar-refractivity contribution is 7.19. The summed E-state index contributed by atoms with van der Waals surface area (Å²) in [7, 11) is 1.97. The molecule has 0 radical (unpaired) electrons. The molecule has 8 nitrogen and oxygen atoms in total. The highest BCUT2D eigenvalue weighted by Gasteiger charge is 2.22. The molecule has 32 heavy (non-hydrogen) atoms. The van der Waals surface area contributed by atoms with Gasteiger partial charge in [0.05, 0.1) is 35.1 Å². The van der Waals surface area contributed by atoms with Crippen molar-refractivity contribution in [3.05, 3.63) is 35.3 Å². The van der Waals surface area contributed by atoms with Gasteiger partial charge in [0, 0.05) is 68.7 Å². The Hall–Kier alpha value is -2.59. The third-order valence-corrected chi connectivity index (χ3v) is 7.44. The maximum Gasteiger partial charge on any atom is 0.162 e. The molecule has 3 aromatic heterocycles. The molecule has 6 rings (SSSR count). The number of rotatable bonds is 4. The molecule has 2 fully saturated rings. The van der Waals surface area contributed by atoms with Gasteiger partial charge in [0.15, 0.2) is 11.6 Å². The van der Waals surface area contributed by atoms with Gasteiger partial charge < -0.3 is 15.0 Å². The number of fused-ring (bicyclic) bond motifs is 2. The molecule has 0 amide bonds. The Morgan fingerprint density at radius 3 is 2.78 bits per heavy atom. The van der Waals surface area contributed by atoms with Crippen molar-refractivity contribution in [2.45, 2.75) is 6.54 Å². The van der Waals surface area contributed by atoms with Crippen LogP contribution in [0.2, 0.25) is 0 Å². The highest BCUT2D eigenvalue weighted by Crippen LogP contribution is 2.36. The van der Waals surface area contributed by atoms with Crippen LogP contribution in [0.15, 0.2) is 30.5 Å².